The van der Waals surface area contributed by atoms with Crippen molar-refractivity contribution < 1.29 is 24.5 Å². The van der Waals surface area contributed by atoms with Crippen LogP contribution >= 0.6 is 0 Å². The fraction of sp³-hybridized carbons (Fsp3) is 0.831. The number of hydrogen-bond donors (Lipinski definition) is 3. The number of unbranched alkanes of at least 4 members (excludes halogenated alkanes) is 33. The Labute approximate surface area is 404 Å². The molecule has 0 aliphatic rings. The van der Waals surface area contributed by atoms with Gasteiger partial charge in [0.05, 0.1) is 25.2 Å². The van der Waals surface area contributed by atoms with Crippen LogP contribution in [0.1, 0.15) is 290 Å². The molecule has 0 aliphatic carbocycles. The highest BCUT2D eigenvalue weighted by atomic mass is 16.5. The highest BCUT2D eigenvalue weighted by molar-refractivity contribution is 5.77. The van der Waals surface area contributed by atoms with Gasteiger partial charge in [-0.1, -0.05) is 249 Å². The molecule has 3 N–H and O–H groups in total. The number of carbonyl (C=O) groups is 2. The molecule has 0 aromatic carbocycles. The molecule has 6 heteroatoms. The normalized spacial score (nSPS) is 13.5. The van der Waals surface area contributed by atoms with Crippen molar-refractivity contribution >= 4 is 11.9 Å². The van der Waals surface area contributed by atoms with Crippen LogP contribution in [0, 0.1) is 0 Å². The molecule has 3 unspecified atom stereocenters. The summed E-state index contributed by atoms with van der Waals surface area (Å²) in [5.74, 6) is -0.522. The lowest BCUT2D eigenvalue weighted by molar-refractivity contribution is -0.151. The Morgan fingerprint density at radius 2 is 0.769 bits per heavy atom. The Kier molecular flexibility index (Phi) is 51.0. The van der Waals surface area contributed by atoms with Gasteiger partial charge in [0.25, 0.3) is 0 Å². The predicted octanol–water partition coefficient (Wildman–Crippen LogP) is 17.4. The van der Waals surface area contributed by atoms with E-state index in [2.05, 4.69) is 74.7 Å². The number of allylic oxidation sites excluding steroid dienone is 8. The van der Waals surface area contributed by atoms with Gasteiger partial charge in [-0.2, -0.15) is 0 Å². The molecule has 0 bridgehead atoms. The number of rotatable bonds is 51. The molecule has 380 valence electrons. The summed E-state index contributed by atoms with van der Waals surface area (Å²) >= 11 is 0. The van der Waals surface area contributed by atoms with Crippen molar-refractivity contribution in [1.29, 1.82) is 0 Å². The zero-order chi connectivity index (χ0) is 47.4. The largest absolute Gasteiger partial charge is 0.462 e. The van der Waals surface area contributed by atoms with E-state index >= 15 is 0 Å². The van der Waals surface area contributed by atoms with Gasteiger partial charge in [-0.25, -0.2) is 0 Å². The number of ether oxygens (including phenoxy) is 1. The maximum atomic E-state index is 13.2. The van der Waals surface area contributed by atoms with Gasteiger partial charge in [0.15, 0.2) is 0 Å². The Balaban J connectivity index is 4.65. The predicted molar refractivity (Wildman–Crippen MR) is 282 cm³/mol. The van der Waals surface area contributed by atoms with Gasteiger partial charge in [-0.15, -0.1) is 0 Å². The molecular formula is C59H109NO5. The first-order valence-electron chi connectivity index (χ1n) is 28.4. The summed E-state index contributed by atoms with van der Waals surface area (Å²) in [6, 6.07) is -0.716. The van der Waals surface area contributed by atoms with Crippen LogP contribution in [0.3, 0.4) is 0 Å². The molecule has 65 heavy (non-hydrogen) atoms. The van der Waals surface area contributed by atoms with E-state index in [-0.39, 0.29) is 24.9 Å². The fourth-order valence-electron chi connectivity index (χ4n) is 8.59. The van der Waals surface area contributed by atoms with Crippen molar-refractivity contribution in [2.24, 2.45) is 0 Å². The molecule has 0 saturated carbocycles. The summed E-state index contributed by atoms with van der Waals surface area (Å²) in [6.45, 7) is 6.48. The minimum Gasteiger partial charge on any atom is -0.462 e. The number of carbonyl (C=O) groups excluding carboxylic acids is 2. The Morgan fingerprint density at radius 1 is 0.446 bits per heavy atom. The van der Waals surface area contributed by atoms with Crippen molar-refractivity contribution in [3.8, 4) is 0 Å². The van der Waals surface area contributed by atoms with E-state index in [1.165, 1.54) is 161 Å². The number of nitrogens with one attached hydrogen (secondary N) is 1. The van der Waals surface area contributed by atoms with E-state index in [0.717, 1.165) is 83.5 Å². The quantitative estimate of drug-likeness (QED) is 0.0321. The van der Waals surface area contributed by atoms with Crippen LogP contribution in [0.2, 0.25) is 0 Å². The number of hydrogen-bond acceptors (Lipinski definition) is 5. The van der Waals surface area contributed by atoms with Crippen molar-refractivity contribution in [2.45, 2.75) is 309 Å². The Bertz CT molecular complexity index is 1110. The molecular weight excluding hydrogens is 803 g/mol. The second-order valence-corrected chi connectivity index (χ2v) is 19.4. The van der Waals surface area contributed by atoms with E-state index in [1.54, 1.807) is 0 Å². The van der Waals surface area contributed by atoms with Gasteiger partial charge in [-0.05, 0) is 77.0 Å². The van der Waals surface area contributed by atoms with E-state index in [1.807, 2.05) is 0 Å². The van der Waals surface area contributed by atoms with Crippen LogP contribution in [-0.2, 0) is 14.3 Å². The van der Waals surface area contributed by atoms with Crippen molar-refractivity contribution in [3.63, 3.8) is 0 Å². The molecule has 0 fully saturated rings. The fourth-order valence-corrected chi connectivity index (χ4v) is 8.59. The summed E-state index contributed by atoms with van der Waals surface area (Å²) in [6.07, 6.45) is 64.6. The summed E-state index contributed by atoms with van der Waals surface area (Å²) in [5, 5.41) is 23.8. The summed E-state index contributed by atoms with van der Waals surface area (Å²) in [4.78, 5) is 26.2. The average molecular weight is 913 g/mol. The SMILES string of the molecule is CCCCCCCCC/C=C/C=C/CCCCCC(=O)OC(CCCCC/C=C/C=C/CCCCCCCCC)CC(=O)NC(CO)C(O)CCCCCCCCCCCCCCCC. The highest BCUT2D eigenvalue weighted by Gasteiger charge is 2.24. The minimum absolute atomic E-state index is 0.0501. The van der Waals surface area contributed by atoms with Crippen LogP contribution in [0.15, 0.2) is 48.6 Å². The third-order valence-corrected chi connectivity index (χ3v) is 12.9. The Morgan fingerprint density at radius 3 is 1.15 bits per heavy atom. The van der Waals surface area contributed by atoms with Crippen LogP contribution in [0.4, 0.5) is 0 Å². The lowest BCUT2D eigenvalue weighted by Gasteiger charge is -2.24. The standard InChI is InChI=1S/C59H109NO5/c1-4-7-10-13-16-19-22-25-28-30-32-35-38-41-44-47-50-55(65-59(64)52-49-46-43-40-37-34-31-29-26-23-20-17-14-11-8-5-2)53-58(63)60-56(54-61)57(62)51-48-45-42-39-36-33-27-24-21-18-15-12-9-6-3/h28-32,34-35,37,55-57,61-62H,4-27,33,36,38-54H2,1-3H3,(H,60,63)/b30-28+,31-29+,35-32+,37-34+. The number of esters is 1. The molecule has 6 nitrogen and oxygen atoms in total. The third-order valence-electron chi connectivity index (χ3n) is 12.9. The van der Waals surface area contributed by atoms with E-state index < -0.39 is 18.2 Å². The second kappa shape index (κ2) is 52.8. The van der Waals surface area contributed by atoms with Crippen LogP contribution < -0.4 is 5.32 Å². The van der Waals surface area contributed by atoms with Crippen LogP contribution in [0.5, 0.6) is 0 Å². The van der Waals surface area contributed by atoms with Crippen molar-refractivity contribution in [3.05, 3.63) is 48.6 Å². The lowest BCUT2D eigenvalue weighted by atomic mass is 10.0. The molecule has 0 radical (unpaired) electrons. The first-order valence-corrected chi connectivity index (χ1v) is 28.4. The number of aliphatic hydroxyl groups excluding tert-OH is 2. The first kappa shape index (κ1) is 62.8. The third kappa shape index (κ3) is 48.1. The molecule has 0 rings (SSSR count). The van der Waals surface area contributed by atoms with Gasteiger partial charge in [0.1, 0.15) is 6.10 Å². The van der Waals surface area contributed by atoms with Crippen LogP contribution in [0.25, 0.3) is 0 Å². The lowest BCUT2D eigenvalue weighted by Crippen LogP contribution is -2.46. The van der Waals surface area contributed by atoms with Gasteiger partial charge in [0.2, 0.25) is 5.91 Å². The van der Waals surface area contributed by atoms with Gasteiger partial charge in [0, 0.05) is 6.42 Å². The first-order chi connectivity index (χ1) is 32.0. The second-order valence-electron chi connectivity index (χ2n) is 19.4. The van der Waals surface area contributed by atoms with E-state index in [0.29, 0.717) is 19.3 Å². The van der Waals surface area contributed by atoms with E-state index in [4.69, 9.17) is 4.74 Å². The molecule has 3 atom stereocenters. The maximum Gasteiger partial charge on any atom is 0.306 e. The molecule has 0 heterocycles. The van der Waals surface area contributed by atoms with E-state index in [9.17, 15) is 19.8 Å². The van der Waals surface area contributed by atoms with Gasteiger partial charge in [-0.3, -0.25) is 9.59 Å². The zero-order valence-electron chi connectivity index (χ0n) is 43.4. The molecule has 0 saturated heterocycles. The topological polar surface area (TPSA) is 95.9 Å². The zero-order valence-corrected chi connectivity index (χ0v) is 43.4. The minimum atomic E-state index is -0.800. The smallest absolute Gasteiger partial charge is 0.306 e. The van der Waals surface area contributed by atoms with Crippen molar-refractivity contribution in [1.82, 2.24) is 5.32 Å². The average Bonchev–Trinajstić information content (AvgIpc) is 3.30. The number of aliphatic hydroxyl groups is 2. The summed E-state index contributed by atoms with van der Waals surface area (Å²) in [5.41, 5.74) is 0. The van der Waals surface area contributed by atoms with Gasteiger partial charge >= 0.3 is 5.97 Å². The summed E-state index contributed by atoms with van der Waals surface area (Å²) < 4.78 is 5.93. The maximum absolute atomic E-state index is 13.2. The van der Waals surface area contributed by atoms with Crippen LogP contribution in [-0.4, -0.2) is 46.9 Å². The highest BCUT2D eigenvalue weighted by Crippen LogP contribution is 2.18. The molecule has 0 spiro atoms. The summed E-state index contributed by atoms with van der Waals surface area (Å²) in [7, 11) is 0. The molecule has 0 aromatic heterocycles. The monoisotopic (exact) mass is 912 g/mol. The molecule has 0 aliphatic heterocycles. The Hall–Kier alpha value is -2.18. The van der Waals surface area contributed by atoms with Crippen molar-refractivity contribution in [2.75, 3.05) is 6.61 Å². The molecule has 1 amide bonds. The number of amides is 1. The molecule has 0 aromatic rings. The van der Waals surface area contributed by atoms with Gasteiger partial charge < -0.3 is 20.3 Å².